The summed E-state index contributed by atoms with van der Waals surface area (Å²) in [5, 5.41) is 3.01. The maximum absolute atomic E-state index is 14.9. The minimum absolute atomic E-state index is 0.0799. The van der Waals surface area contributed by atoms with E-state index >= 15 is 0 Å². The van der Waals surface area contributed by atoms with Crippen LogP contribution in [0.4, 0.5) is 33.0 Å². The predicted octanol–water partition coefficient (Wildman–Crippen LogP) is 4.62. The minimum Gasteiger partial charge on any atom is -0.371 e. The van der Waals surface area contributed by atoms with Crippen LogP contribution in [0.1, 0.15) is 40.7 Å². The molecule has 1 aliphatic heterocycles. The van der Waals surface area contributed by atoms with Crippen LogP contribution in [-0.4, -0.2) is 48.0 Å². The average Bonchev–Trinajstić information content (AvgIpc) is 3.71. The Morgan fingerprint density at radius 1 is 1.13 bits per heavy atom. The quantitative estimate of drug-likeness (QED) is 0.441. The second-order valence-corrected chi connectivity index (χ2v) is 10.2. The molecule has 5 rings (SSSR count). The van der Waals surface area contributed by atoms with Crippen LogP contribution >= 0.6 is 0 Å². The lowest BCUT2D eigenvalue weighted by atomic mass is 10.0. The van der Waals surface area contributed by atoms with E-state index in [1.54, 1.807) is 44.0 Å². The first-order chi connectivity index (χ1) is 18.2. The Labute approximate surface area is 221 Å². The van der Waals surface area contributed by atoms with E-state index in [9.17, 15) is 18.8 Å². The number of rotatable bonds is 8. The Bertz CT molecular complexity index is 1480. The van der Waals surface area contributed by atoms with E-state index in [0.29, 0.717) is 12.1 Å². The molecule has 0 bridgehead atoms. The van der Waals surface area contributed by atoms with Gasteiger partial charge in [-0.3, -0.25) is 23.9 Å². The summed E-state index contributed by atoms with van der Waals surface area (Å²) < 4.78 is 16.2. The second kappa shape index (κ2) is 9.96. The van der Waals surface area contributed by atoms with E-state index in [0.717, 1.165) is 43.6 Å². The van der Waals surface area contributed by atoms with Crippen molar-refractivity contribution in [3.8, 4) is 0 Å². The number of hydrogen-bond donors (Lipinski definition) is 1. The summed E-state index contributed by atoms with van der Waals surface area (Å²) >= 11 is 0. The molecule has 0 spiro atoms. The van der Waals surface area contributed by atoms with E-state index in [1.807, 2.05) is 18.2 Å². The van der Waals surface area contributed by atoms with Gasteiger partial charge in [0.2, 0.25) is 6.41 Å². The number of pyridine rings is 1. The normalized spacial score (nSPS) is 14.6. The fourth-order valence-electron chi connectivity index (χ4n) is 4.88. The highest BCUT2D eigenvalue weighted by Crippen LogP contribution is 2.38. The highest BCUT2D eigenvalue weighted by molar-refractivity contribution is 6.09. The Kier molecular flexibility index (Phi) is 6.69. The second-order valence-electron chi connectivity index (χ2n) is 10.2. The van der Waals surface area contributed by atoms with Gasteiger partial charge >= 0.3 is 0 Å². The molecule has 8 nitrogen and oxygen atoms in total. The number of hydrogen-bond acceptors (Lipinski definition) is 5. The van der Waals surface area contributed by atoms with Crippen LogP contribution < -0.4 is 20.7 Å². The van der Waals surface area contributed by atoms with Crippen molar-refractivity contribution in [2.75, 3.05) is 35.3 Å². The summed E-state index contributed by atoms with van der Waals surface area (Å²) in [6.45, 7) is 5.25. The topological polar surface area (TPSA) is 77.9 Å². The Hall–Kier alpha value is -4.14. The van der Waals surface area contributed by atoms with Gasteiger partial charge in [0.1, 0.15) is 17.2 Å². The van der Waals surface area contributed by atoms with Gasteiger partial charge < -0.3 is 15.1 Å². The zero-order chi connectivity index (χ0) is 27.1. The molecule has 1 saturated heterocycles. The molecule has 0 unspecified atom stereocenters. The molecule has 3 aromatic rings. The monoisotopic (exact) mass is 517 g/mol. The van der Waals surface area contributed by atoms with Gasteiger partial charge in [0.05, 0.1) is 17.1 Å². The molecule has 1 N–H and O–H groups in total. The van der Waals surface area contributed by atoms with Crippen LogP contribution in [0, 0.1) is 19.7 Å². The number of nitrogens with one attached hydrogen (secondary N) is 1. The number of aryl methyl sites for hydroxylation is 1. The van der Waals surface area contributed by atoms with Gasteiger partial charge in [-0.2, -0.15) is 0 Å². The van der Waals surface area contributed by atoms with Gasteiger partial charge in [0.15, 0.2) is 0 Å². The number of nitrogens with zero attached hydrogens (tertiary/aromatic N) is 4. The molecule has 2 aromatic carbocycles. The number of carbonyl (C=O) groups excluding carboxylic acids is 2. The summed E-state index contributed by atoms with van der Waals surface area (Å²) in [7, 11) is 3.26. The number of benzene rings is 2. The van der Waals surface area contributed by atoms with Crippen molar-refractivity contribution >= 4 is 40.9 Å². The first-order valence-electron chi connectivity index (χ1n) is 12.8. The highest BCUT2D eigenvalue weighted by Gasteiger charge is 2.36. The number of amides is 2. The molecule has 38 heavy (non-hydrogen) atoms. The van der Waals surface area contributed by atoms with Crippen LogP contribution in [0.15, 0.2) is 47.3 Å². The van der Waals surface area contributed by atoms with Gasteiger partial charge in [-0.15, -0.1) is 0 Å². The molecule has 0 radical (unpaired) electrons. The van der Waals surface area contributed by atoms with E-state index in [4.69, 9.17) is 0 Å². The molecule has 2 amide bonds. The molecule has 2 aliphatic rings. The maximum Gasteiger partial charge on any atom is 0.259 e. The molecule has 1 saturated carbocycles. The Morgan fingerprint density at radius 2 is 1.87 bits per heavy atom. The lowest BCUT2D eigenvalue weighted by Gasteiger charge is -2.34. The zero-order valence-corrected chi connectivity index (χ0v) is 22.1. The largest absolute Gasteiger partial charge is 0.371 e. The summed E-state index contributed by atoms with van der Waals surface area (Å²) in [6, 6.07) is 12.3. The first kappa shape index (κ1) is 25.5. The van der Waals surface area contributed by atoms with Gasteiger partial charge in [0.25, 0.3) is 11.5 Å². The lowest BCUT2D eigenvalue weighted by Crippen LogP contribution is -2.37. The first-order valence-corrected chi connectivity index (χ1v) is 12.8. The van der Waals surface area contributed by atoms with E-state index in [2.05, 4.69) is 10.2 Å². The van der Waals surface area contributed by atoms with Crippen LogP contribution in [0.25, 0.3) is 0 Å². The summed E-state index contributed by atoms with van der Waals surface area (Å²) in [5.41, 5.74) is 2.55. The third kappa shape index (κ3) is 4.53. The minimum atomic E-state index is -0.511. The zero-order valence-electron chi connectivity index (χ0n) is 22.1. The van der Waals surface area contributed by atoms with Crippen molar-refractivity contribution in [2.45, 2.75) is 39.2 Å². The summed E-state index contributed by atoms with van der Waals surface area (Å²) in [5.74, 6) is -0.730. The smallest absolute Gasteiger partial charge is 0.259 e. The molecular formula is C29H32FN5O3. The van der Waals surface area contributed by atoms with Crippen molar-refractivity contribution < 1.29 is 14.0 Å². The van der Waals surface area contributed by atoms with Crippen LogP contribution in [0.2, 0.25) is 0 Å². The van der Waals surface area contributed by atoms with Crippen molar-refractivity contribution in [2.24, 2.45) is 7.05 Å². The third-order valence-corrected chi connectivity index (χ3v) is 7.47. The summed E-state index contributed by atoms with van der Waals surface area (Å²) in [6.07, 6.45) is 3.49. The molecule has 198 valence electrons. The van der Waals surface area contributed by atoms with E-state index in [-0.39, 0.29) is 40.3 Å². The van der Waals surface area contributed by atoms with E-state index < -0.39 is 11.4 Å². The van der Waals surface area contributed by atoms with Crippen LogP contribution in [-0.2, 0) is 11.8 Å². The molecule has 1 aromatic heterocycles. The fourth-order valence-corrected chi connectivity index (χ4v) is 4.88. The van der Waals surface area contributed by atoms with Crippen molar-refractivity contribution in [1.29, 1.82) is 0 Å². The fraction of sp³-hybridized carbons (Fsp3) is 0.345. The molecular weight excluding hydrogens is 485 g/mol. The van der Waals surface area contributed by atoms with Gasteiger partial charge in [0, 0.05) is 44.5 Å². The highest BCUT2D eigenvalue weighted by atomic mass is 19.1. The number of aromatic nitrogens is 1. The predicted molar refractivity (Wildman–Crippen MR) is 147 cm³/mol. The van der Waals surface area contributed by atoms with Crippen LogP contribution in [0.3, 0.4) is 0 Å². The Balaban J connectivity index is 1.73. The molecule has 0 atom stereocenters. The Morgan fingerprint density at radius 3 is 2.47 bits per heavy atom. The molecule has 1 aliphatic carbocycles. The van der Waals surface area contributed by atoms with Gasteiger partial charge in [-0.05, 0) is 69.0 Å². The number of halogens is 1. The maximum atomic E-state index is 14.9. The van der Waals surface area contributed by atoms with Crippen molar-refractivity contribution in [1.82, 2.24) is 9.47 Å². The third-order valence-electron chi connectivity index (χ3n) is 7.47. The van der Waals surface area contributed by atoms with E-state index in [1.165, 1.54) is 22.6 Å². The standard InChI is InChI=1S/C29H32FN5O3/c1-18-9-12-24(23(30)15-18)31-27-25(29(38)32(3)20-10-11-20)26(19(2)28(37)33(27)4)35(17-36)22-8-5-7-21(16-22)34-13-6-14-34/h5,7-9,12,15-17,20,31H,6,10-11,13-14H2,1-4H3. The number of anilines is 5. The van der Waals surface area contributed by atoms with Crippen molar-refractivity contribution in [3.05, 3.63) is 75.3 Å². The van der Waals surface area contributed by atoms with Gasteiger partial charge in [-0.1, -0.05) is 12.1 Å². The summed E-state index contributed by atoms with van der Waals surface area (Å²) in [4.78, 5) is 45.3. The van der Waals surface area contributed by atoms with Crippen molar-refractivity contribution in [3.63, 3.8) is 0 Å². The van der Waals surface area contributed by atoms with Crippen LogP contribution in [0.5, 0.6) is 0 Å². The number of carbonyl (C=O) groups is 2. The molecule has 2 heterocycles. The SMILES string of the molecule is Cc1ccc(Nc2c(C(=O)N(C)C3CC3)c(N(C=O)c3cccc(N4CCC4)c3)c(C)c(=O)n2C)c(F)c1. The average molecular weight is 518 g/mol. The lowest BCUT2D eigenvalue weighted by molar-refractivity contribution is -0.106. The molecule has 9 heteroatoms. The molecule has 2 fully saturated rings. The van der Waals surface area contributed by atoms with Gasteiger partial charge in [-0.25, -0.2) is 4.39 Å².